The van der Waals surface area contributed by atoms with Gasteiger partial charge in [0.25, 0.3) is 0 Å². The second-order valence-electron chi connectivity index (χ2n) is 4.91. The van der Waals surface area contributed by atoms with Crippen LogP contribution in [0.25, 0.3) is 0 Å². The molecule has 94 valence electrons. The summed E-state index contributed by atoms with van der Waals surface area (Å²) in [5, 5.41) is 5.93. The minimum atomic E-state index is 0.0146. The lowest BCUT2D eigenvalue weighted by molar-refractivity contribution is 0.225. The number of urea groups is 1. The third kappa shape index (κ3) is 4.86. The van der Waals surface area contributed by atoms with Gasteiger partial charge in [-0.25, -0.2) is 4.79 Å². The van der Waals surface area contributed by atoms with Crippen molar-refractivity contribution in [1.29, 1.82) is 0 Å². The Morgan fingerprint density at radius 2 is 1.81 bits per heavy atom. The van der Waals surface area contributed by atoms with Crippen LogP contribution in [-0.4, -0.2) is 18.6 Å². The van der Waals surface area contributed by atoms with Gasteiger partial charge in [0.05, 0.1) is 0 Å². The zero-order valence-corrected chi connectivity index (χ0v) is 10.7. The molecule has 0 aromatic heterocycles. The highest BCUT2D eigenvalue weighted by atomic mass is 16.2. The first-order valence-electron chi connectivity index (χ1n) is 6.80. The Bertz CT molecular complexity index is 198. The van der Waals surface area contributed by atoms with Crippen LogP contribution in [0.4, 0.5) is 4.79 Å². The van der Waals surface area contributed by atoms with E-state index in [0.717, 1.165) is 31.7 Å². The fourth-order valence-electron chi connectivity index (χ4n) is 2.48. The van der Waals surface area contributed by atoms with Crippen LogP contribution in [0.1, 0.15) is 58.8 Å². The van der Waals surface area contributed by atoms with Crippen molar-refractivity contribution in [2.24, 2.45) is 5.92 Å². The topological polar surface area (TPSA) is 41.1 Å². The van der Waals surface area contributed by atoms with Crippen LogP contribution in [-0.2, 0) is 0 Å². The lowest BCUT2D eigenvalue weighted by atomic mass is 9.83. The number of nitrogens with one attached hydrogen (secondary N) is 2. The minimum Gasteiger partial charge on any atom is -0.338 e. The van der Waals surface area contributed by atoms with Gasteiger partial charge >= 0.3 is 6.03 Å². The molecule has 0 aliphatic heterocycles. The van der Waals surface area contributed by atoms with Crippen molar-refractivity contribution in [2.75, 3.05) is 6.54 Å². The van der Waals surface area contributed by atoms with Crippen molar-refractivity contribution in [3.05, 3.63) is 0 Å². The van der Waals surface area contributed by atoms with Crippen LogP contribution < -0.4 is 10.6 Å². The number of hydrogen-bond donors (Lipinski definition) is 2. The van der Waals surface area contributed by atoms with Gasteiger partial charge < -0.3 is 10.6 Å². The summed E-state index contributed by atoms with van der Waals surface area (Å²) >= 11 is 0. The quantitative estimate of drug-likeness (QED) is 0.743. The zero-order chi connectivity index (χ0) is 11.8. The van der Waals surface area contributed by atoms with Crippen molar-refractivity contribution in [3.63, 3.8) is 0 Å². The summed E-state index contributed by atoms with van der Waals surface area (Å²) in [6, 6.07) is 0.422. The van der Waals surface area contributed by atoms with E-state index in [1.54, 1.807) is 0 Å². The zero-order valence-electron chi connectivity index (χ0n) is 10.7. The van der Waals surface area contributed by atoms with E-state index in [0.29, 0.717) is 6.04 Å². The predicted octanol–water partition coefficient (Wildman–Crippen LogP) is 3.05. The molecule has 1 aliphatic rings. The summed E-state index contributed by atoms with van der Waals surface area (Å²) in [6.07, 6.45) is 8.53. The molecule has 0 saturated heterocycles. The van der Waals surface area contributed by atoms with Crippen molar-refractivity contribution in [1.82, 2.24) is 10.6 Å². The first kappa shape index (κ1) is 13.3. The van der Waals surface area contributed by atoms with Crippen LogP contribution in [0.3, 0.4) is 0 Å². The second-order valence-corrected chi connectivity index (χ2v) is 4.91. The molecule has 1 fully saturated rings. The van der Waals surface area contributed by atoms with Gasteiger partial charge in [-0.2, -0.15) is 0 Å². The maximum absolute atomic E-state index is 11.5. The van der Waals surface area contributed by atoms with Crippen LogP contribution in [0.2, 0.25) is 0 Å². The number of carbonyl (C=O) groups is 1. The first-order valence-corrected chi connectivity index (χ1v) is 6.80. The highest BCUT2D eigenvalue weighted by molar-refractivity contribution is 5.74. The molecule has 0 bridgehead atoms. The van der Waals surface area contributed by atoms with E-state index in [-0.39, 0.29) is 6.03 Å². The molecule has 1 rings (SSSR count). The molecule has 2 N–H and O–H groups in total. The highest BCUT2D eigenvalue weighted by Gasteiger charge is 2.21. The van der Waals surface area contributed by atoms with Gasteiger partial charge in [0.1, 0.15) is 0 Å². The van der Waals surface area contributed by atoms with Crippen LogP contribution >= 0.6 is 0 Å². The fourth-order valence-corrected chi connectivity index (χ4v) is 2.48. The second kappa shape index (κ2) is 7.53. The molecular formula is C13H26N2O. The maximum Gasteiger partial charge on any atom is 0.315 e. The minimum absolute atomic E-state index is 0.0146. The van der Waals surface area contributed by atoms with Gasteiger partial charge in [-0.1, -0.05) is 26.7 Å². The van der Waals surface area contributed by atoms with Crippen molar-refractivity contribution in [2.45, 2.75) is 64.8 Å². The number of rotatable bonds is 5. The monoisotopic (exact) mass is 226 g/mol. The molecule has 0 atom stereocenters. The highest BCUT2D eigenvalue weighted by Crippen LogP contribution is 2.27. The molecule has 0 heterocycles. The van der Waals surface area contributed by atoms with E-state index in [1.165, 1.54) is 25.7 Å². The molecule has 16 heavy (non-hydrogen) atoms. The molecule has 0 aromatic carbocycles. The van der Waals surface area contributed by atoms with E-state index in [4.69, 9.17) is 0 Å². The number of amides is 2. The molecule has 0 radical (unpaired) electrons. The van der Waals surface area contributed by atoms with Crippen LogP contribution in [0.5, 0.6) is 0 Å². The van der Waals surface area contributed by atoms with Gasteiger partial charge in [0.2, 0.25) is 0 Å². The summed E-state index contributed by atoms with van der Waals surface area (Å²) in [6.45, 7) is 5.09. The van der Waals surface area contributed by atoms with Crippen LogP contribution in [0.15, 0.2) is 0 Å². The van der Waals surface area contributed by atoms with E-state index in [1.807, 2.05) is 0 Å². The molecule has 0 unspecified atom stereocenters. The molecule has 3 nitrogen and oxygen atoms in total. The smallest absolute Gasteiger partial charge is 0.315 e. The average Bonchev–Trinajstić information content (AvgIpc) is 2.29. The predicted molar refractivity (Wildman–Crippen MR) is 67.5 cm³/mol. The normalized spacial score (nSPS) is 25.1. The average molecular weight is 226 g/mol. The van der Waals surface area contributed by atoms with Gasteiger partial charge in [0, 0.05) is 12.6 Å². The summed E-state index contributed by atoms with van der Waals surface area (Å²) in [5.41, 5.74) is 0. The molecule has 0 spiro atoms. The number of hydrogen-bond acceptors (Lipinski definition) is 1. The van der Waals surface area contributed by atoms with Crippen molar-refractivity contribution >= 4 is 6.03 Å². The standard InChI is InChI=1S/C13H26N2O/c1-3-5-11-6-8-12(9-7-11)15-13(16)14-10-4-2/h11-12H,3-10H2,1-2H3,(H2,14,15,16). The SMILES string of the molecule is CCCNC(=O)NC1CCC(CCC)CC1. The summed E-state index contributed by atoms with van der Waals surface area (Å²) in [5.74, 6) is 0.904. The Labute approximate surface area is 99.4 Å². The third-order valence-corrected chi connectivity index (χ3v) is 3.41. The molecule has 2 amide bonds. The van der Waals surface area contributed by atoms with Gasteiger partial charge in [-0.3, -0.25) is 0 Å². The van der Waals surface area contributed by atoms with Crippen molar-refractivity contribution < 1.29 is 4.79 Å². The largest absolute Gasteiger partial charge is 0.338 e. The van der Waals surface area contributed by atoms with Gasteiger partial charge in [-0.15, -0.1) is 0 Å². The Hall–Kier alpha value is -0.730. The maximum atomic E-state index is 11.5. The van der Waals surface area contributed by atoms with E-state index in [9.17, 15) is 4.79 Å². The Balaban J connectivity index is 2.14. The number of carbonyl (C=O) groups excluding carboxylic acids is 1. The lowest BCUT2D eigenvalue weighted by Crippen LogP contribution is -2.43. The third-order valence-electron chi connectivity index (χ3n) is 3.41. The molecule has 1 saturated carbocycles. The van der Waals surface area contributed by atoms with E-state index in [2.05, 4.69) is 24.5 Å². The lowest BCUT2D eigenvalue weighted by Gasteiger charge is -2.28. The summed E-state index contributed by atoms with van der Waals surface area (Å²) in [7, 11) is 0. The Kier molecular flexibility index (Phi) is 6.27. The van der Waals surface area contributed by atoms with E-state index < -0.39 is 0 Å². The molecular weight excluding hydrogens is 200 g/mol. The first-order chi connectivity index (χ1) is 7.76. The fraction of sp³-hybridized carbons (Fsp3) is 0.923. The van der Waals surface area contributed by atoms with E-state index >= 15 is 0 Å². The summed E-state index contributed by atoms with van der Waals surface area (Å²) in [4.78, 5) is 11.5. The molecule has 1 aliphatic carbocycles. The van der Waals surface area contributed by atoms with Crippen LogP contribution in [0, 0.1) is 5.92 Å². The molecule has 3 heteroatoms. The Morgan fingerprint density at radius 1 is 1.12 bits per heavy atom. The summed E-state index contributed by atoms with van der Waals surface area (Å²) < 4.78 is 0. The molecule has 0 aromatic rings. The Morgan fingerprint density at radius 3 is 2.38 bits per heavy atom. The van der Waals surface area contributed by atoms with Gasteiger partial charge in [-0.05, 0) is 38.0 Å². The van der Waals surface area contributed by atoms with Crippen molar-refractivity contribution in [3.8, 4) is 0 Å². The van der Waals surface area contributed by atoms with Gasteiger partial charge in [0.15, 0.2) is 0 Å².